The minimum Gasteiger partial charge on any atom is -0.505 e. The molecular weight excluding hydrogens is 528 g/mol. The van der Waals surface area contributed by atoms with Crippen molar-refractivity contribution in [2.75, 3.05) is 13.2 Å². The summed E-state index contributed by atoms with van der Waals surface area (Å²) in [6, 6.07) is 0. The van der Waals surface area contributed by atoms with Crippen LogP contribution < -0.4 is 0 Å². The molecule has 2 rings (SSSR count). The molecule has 0 aromatic heterocycles. The molecule has 7 atom stereocenters. The lowest BCUT2D eigenvalue weighted by Crippen LogP contribution is -2.58. The van der Waals surface area contributed by atoms with Crippen LogP contribution in [0.5, 0.6) is 0 Å². The second-order valence-electron chi connectivity index (χ2n) is 10.3. The van der Waals surface area contributed by atoms with Gasteiger partial charge in [0.1, 0.15) is 30.5 Å². The molecule has 1 fully saturated rings. The van der Waals surface area contributed by atoms with Crippen LogP contribution in [0, 0.1) is 0 Å². The first-order chi connectivity index (χ1) is 19.1. The Hall–Kier alpha value is -1.51. The van der Waals surface area contributed by atoms with Gasteiger partial charge in [-0.25, -0.2) is 4.79 Å². The van der Waals surface area contributed by atoms with E-state index in [0.29, 0.717) is 0 Å². The van der Waals surface area contributed by atoms with Crippen LogP contribution in [0.15, 0.2) is 11.5 Å². The van der Waals surface area contributed by atoms with Gasteiger partial charge >= 0.3 is 5.97 Å². The van der Waals surface area contributed by atoms with E-state index >= 15 is 0 Å². The Morgan fingerprint density at radius 1 is 0.700 bits per heavy atom. The molecule has 2 heterocycles. The smallest absolute Gasteiger partial charge is 0.377 e. The molecule has 9 N–H and O–H groups in total. The predicted octanol–water partition coefficient (Wildman–Crippen LogP) is 1.86. The molecule has 0 amide bonds. The number of carbonyl (C=O) groups is 1. The number of rotatable bonds is 16. The fourth-order valence-corrected chi connectivity index (χ4v) is 4.17. The summed E-state index contributed by atoms with van der Waals surface area (Å²) in [4.78, 5) is 10.5. The quantitative estimate of drug-likeness (QED) is 0.0941. The molecule has 2 aliphatic heterocycles. The summed E-state index contributed by atoms with van der Waals surface area (Å²) < 4.78 is 8.89. The van der Waals surface area contributed by atoms with Crippen molar-refractivity contribution >= 4 is 5.97 Å². The summed E-state index contributed by atoms with van der Waals surface area (Å²) in [6.07, 6.45) is 10.6. The van der Waals surface area contributed by atoms with Gasteiger partial charge in [0, 0.05) is 0 Å². The maximum Gasteiger partial charge on any atom is 0.377 e. The number of unbranched alkanes of at least 4 members (excludes halogenated alkanes) is 13. The van der Waals surface area contributed by atoms with Crippen molar-refractivity contribution in [3.63, 3.8) is 0 Å². The van der Waals surface area contributed by atoms with Gasteiger partial charge in [-0.2, -0.15) is 0 Å². The van der Waals surface area contributed by atoms with Gasteiger partial charge in [-0.1, -0.05) is 104 Å². The monoisotopic (exact) mass is 582 g/mol. The zero-order valence-electron chi connectivity index (χ0n) is 24.1. The summed E-state index contributed by atoms with van der Waals surface area (Å²) >= 11 is 0. The topological polar surface area (TPSA) is 218 Å². The normalized spacial score (nSPS) is 26.9. The molecule has 2 aliphatic rings. The molecule has 0 aromatic carbocycles. The van der Waals surface area contributed by atoms with Crippen molar-refractivity contribution in [1.29, 1.82) is 0 Å². The van der Waals surface area contributed by atoms with E-state index in [1.165, 1.54) is 89.9 Å². The molecule has 0 radical (unpaired) electrons. The fraction of sp³-hybridized carbons (Fsp3) is 0.893. The SMILES string of the molecule is CCCCCCCCCCCCCCCC.O=C1OC(C(O)CO)C(O)=C1O.OC[C@H]1OC(O)[C@H](O)[C@@H](O)[C@@H]1O. The van der Waals surface area contributed by atoms with Gasteiger partial charge in [0.25, 0.3) is 0 Å². The summed E-state index contributed by atoms with van der Waals surface area (Å²) in [6.45, 7) is 3.38. The van der Waals surface area contributed by atoms with Gasteiger partial charge in [-0.15, -0.1) is 0 Å². The van der Waals surface area contributed by atoms with Crippen molar-refractivity contribution in [2.45, 2.75) is 147 Å². The first-order valence-corrected chi connectivity index (χ1v) is 14.7. The Morgan fingerprint density at radius 3 is 1.45 bits per heavy atom. The number of esters is 1. The van der Waals surface area contributed by atoms with Crippen LogP contribution in [-0.2, 0) is 14.3 Å². The Labute approximate surface area is 237 Å². The molecule has 0 spiro atoms. The molecular formula is C28H54O12. The molecule has 0 aromatic rings. The number of aliphatic hydroxyl groups excluding tert-OH is 9. The van der Waals surface area contributed by atoms with E-state index in [2.05, 4.69) is 23.3 Å². The molecule has 12 nitrogen and oxygen atoms in total. The highest BCUT2D eigenvalue weighted by Crippen LogP contribution is 2.21. The molecule has 3 unspecified atom stereocenters. The number of hydrogen-bond acceptors (Lipinski definition) is 12. The second-order valence-corrected chi connectivity index (χ2v) is 10.3. The third-order valence-electron chi connectivity index (χ3n) is 6.80. The van der Waals surface area contributed by atoms with Crippen LogP contribution in [0.3, 0.4) is 0 Å². The number of hydrogen-bond donors (Lipinski definition) is 9. The van der Waals surface area contributed by atoms with E-state index in [-0.39, 0.29) is 0 Å². The zero-order chi connectivity index (χ0) is 30.5. The highest BCUT2D eigenvalue weighted by molar-refractivity contribution is 5.89. The average Bonchev–Trinajstić information content (AvgIpc) is 3.21. The van der Waals surface area contributed by atoms with Crippen LogP contribution in [0.4, 0.5) is 0 Å². The lowest BCUT2D eigenvalue weighted by Gasteiger charge is -2.37. The van der Waals surface area contributed by atoms with Crippen LogP contribution >= 0.6 is 0 Å². The summed E-state index contributed by atoms with van der Waals surface area (Å²) in [5, 5.41) is 79.7. The highest BCUT2D eigenvalue weighted by atomic mass is 16.6. The molecule has 12 heteroatoms. The van der Waals surface area contributed by atoms with Gasteiger partial charge in [0.05, 0.1) is 13.2 Å². The minimum atomic E-state index is -1.57. The Balaban J connectivity index is 0.000000578. The van der Waals surface area contributed by atoms with Gasteiger partial charge in [-0.05, 0) is 0 Å². The van der Waals surface area contributed by atoms with Crippen LogP contribution in [0.25, 0.3) is 0 Å². The first-order valence-electron chi connectivity index (χ1n) is 14.7. The summed E-state index contributed by atoms with van der Waals surface area (Å²) in [5.41, 5.74) is 0. The maximum atomic E-state index is 10.5. The highest BCUT2D eigenvalue weighted by Gasteiger charge is 2.42. The molecule has 0 saturated carbocycles. The van der Waals surface area contributed by atoms with Crippen molar-refractivity contribution in [2.24, 2.45) is 0 Å². The van der Waals surface area contributed by atoms with E-state index in [1.807, 2.05) is 0 Å². The number of ether oxygens (including phenoxy) is 2. The average molecular weight is 583 g/mol. The maximum absolute atomic E-state index is 10.5. The van der Waals surface area contributed by atoms with Crippen LogP contribution in [-0.4, -0.2) is 108 Å². The Kier molecular flexibility index (Phi) is 22.2. The summed E-state index contributed by atoms with van der Waals surface area (Å²) in [5.74, 6) is -2.78. The standard InChI is InChI=1S/C16H34.C6H8O6.C6H12O6/c1-3-5-7-9-11-13-15-16-14-12-10-8-6-4-2;7-1-2(8)5-3(9)4(10)6(11)12-5;7-1-2-3(8)4(9)5(10)6(11)12-2/h3-16H2,1-2H3;2,5,7-10H,1H2;2-11H,1H2/t;;2-,3-,4+,5-,6?/m..1/s1. The zero-order valence-corrected chi connectivity index (χ0v) is 24.1. The first kappa shape index (κ1) is 38.5. The molecule has 1 saturated heterocycles. The van der Waals surface area contributed by atoms with E-state index in [0.717, 1.165) is 0 Å². The number of carbonyl (C=O) groups excluding carboxylic acids is 1. The second kappa shape index (κ2) is 23.1. The lowest BCUT2D eigenvalue weighted by molar-refractivity contribution is -0.286. The molecule has 0 aliphatic carbocycles. The van der Waals surface area contributed by atoms with Crippen molar-refractivity contribution in [1.82, 2.24) is 0 Å². The van der Waals surface area contributed by atoms with Crippen molar-refractivity contribution in [3.05, 3.63) is 11.5 Å². The third-order valence-corrected chi connectivity index (χ3v) is 6.80. The van der Waals surface area contributed by atoms with E-state index in [1.54, 1.807) is 0 Å². The van der Waals surface area contributed by atoms with Crippen LogP contribution in [0.2, 0.25) is 0 Å². The largest absolute Gasteiger partial charge is 0.505 e. The molecule has 40 heavy (non-hydrogen) atoms. The van der Waals surface area contributed by atoms with Gasteiger partial charge < -0.3 is 55.4 Å². The molecule has 0 bridgehead atoms. The van der Waals surface area contributed by atoms with Crippen molar-refractivity contribution in [3.8, 4) is 0 Å². The van der Waals surface area contributed by atoms with Gasteiger partial charge in [0.15, 0.2) is 18.2 Å². The van der Waals surface area contributed by atoms with Crippen LogP contribution in [0.1, 0.15) is 104 Å². The fourth-order valence-electron chi connectivity index (χ4n) is 4.17. The molecule has 238 valence electrons. The third kappa shape index (κ3) is 14.9. The lowest BCUT2D eigenvalue weighted by atomic mass is 10.00. The Morgan fingerprint density at radius 2 is 1.12 bits per heavy atom. The summed E-state index contributed by atoms with van der Waals surface area (Å²) in [7, 11) is 0. The van der Waals surface area contributed by atoms with Crippen molar-refractivity contribution < 1.29 is 60.2 Å². The predicted molar refractivity (Wildman–Crippen MR) is 147 cm³/mol. The van der Waals surface area contributed by atoms with E-state index < -0.39 is 73.6 Å². The van der Waals surface area contributed by atoms with E-state index in [4.69, 9.17) is 46.0 Å². The van der Waals surface area contributed by atoms with E-state index in [9.17, 15) is 4.79 Å². The number of aliphatic hydroxyl groups is 9. The minimum absolute atomic E-state index is 0.526. The number of cyclic esters (lactones) is 1. The van der Waals surface area contributed by atoms with Gasteiger partial charge in [0.2, 0.25) is 5.76 Å². The Bertz CT molecular complexity index is 655. The van der Waals surface area contributed by atoms with Gasteiger partial charge in [-0.3, -0.25) is 0 Å².